The number of amides is 1. The summed E-state index contributed by atoms with van der Waals surface area (Å²) in [5, 5.41) is 14.5. The lowest BCUT2D eigenvalue weighted by Gasteiger charge is -2.22. The summed E-state index contributed by atoms with van der Waals surface area (Å²) < 4.78 is 5.06. The molecule has 6 nitrogen and oxygen atoms in total. The van der Waals surface area contributed by atoms with E-state index in [2.05, 4.69) is 10.6 Å². The fourth-order valence-corrected chi connectivity index (χ4v) is 1.56. The number of benzene rings is 1. The maximum absolute atomic E-state index is 11.7. The molecule has 1 aromatic rings. The first kappa shape index (κ1) is 15.8. The highest BCUT2D eigenvalue weighted by Crippen LogP contribution is 2.17. The number of hydrogen-bond acceptors (Lipinski definition) is 4. The molecule has 110 valence electrons. The van der Waals surface area contributed by atoms with Crippen molar-refractivity contribution < 1.29 is 19.4 Å². The van der Waals surface area contributed by atoms with Gasteiger partial charge in [0.25, 0.3) is 0 Å². The van der Waals surface area contributed by atoms with Gasteiger partial charge in [0.1, 0.15) is 5.60 Å². The predicted octanol–water partition coefficient (Wildman–Crippen LogP) is 2.38. The van der Waals surface area contributed by atoms with E-state index in [1.807, 2.05) is 0 Å². The van der Waals surface area contributed by atoms with Gasteiger partial charge in [-0.15, -0.1) is 0 Å². The third-order valence-corrected chi connectivity index (χ3v) is 2.44. The molecule has 0 heterocycles. The molecule has 0 saturated heterocycles. The zero-order valence-electron chi connectivity index (χ0n) is 12.1. The van der Waals surface area contributed by atoms with Crippen molar-refractivity contribution in [3.63, 3.8) is 0 Å². The van der Waals surface area contributed by atoms with Crippen LogP contribution in [-0.2, 0) is 9.53 Å². The lowest BCUT2D eigenvalue weighted by molar-refractivity contribution is -0.139. The monoisotopic (exact) mass is 280 g/mol. The number of nitrogens with one attached hydrogen (secondary N) is 2. The number of rotatable bonds is 4. The van der Waals surface area contributed by atoms with E-state index in [0.29, 0.717) is 5.56 Å². The van der Waals surface area contributed by atoms with Gasteiger partial charge in [0.2, 0.25) is 0 Å². The quantitative estimate of drug-likeness (QED) is 0.788. The van der Waals surface area contributed by atoms with Crippen molar-refractivity contribution >= 4 is 17.7 Å². The van der Waals surface area contributed by atoms with Crippen molar-refractivity contribution in [2.75, 3.05) is 12.4 Å². The highest BCUT2D eigenvalue weighted by molar-refractivity contribution is 5.81. The molecule has 0 aliphatic carbocycles. The van der Waals surface area contributed by atoms with Gasteiger partial charge >= 0.3 is 12.1 Å². The topological polar surface area (TPSA) is 87.7 Å². The largest absolute Gasteiger partial charge is 0.479 e. The number of alkyl carbamates (subject to hydrolysis) is 1. The van der Waals surface area contributed by atoms with Gasteiger partial charge in [-0.1, -0.05) is 12.1 Å². The standard InChI is InChI=1S/C14H20N2O4/c1-14(2,3)20-13(19)16-11(12(17)18)9-5-7-10(15-4)8-6-9/h5-8,11,15H,1-4H3,(H,16,19)(H,17,18). The summed E-state index contributed by atoms with van der Waals surface area (Å²) in [6.45, 7) is 5.14. The minimum absolute atomic E-state index is 0.474. The molecule has 0 aliphatic heterocycles. The van der Waals surface area contributed by atoms with E-state index in [0.717, 1.165) is 5.69 Å². The van der Waals surface area contributed by atoms with E-state index in [9.17, 15) is 14.7 Å². The Balaban J connectivity index is 2.83. The molecular formula is C14H20N2O4. The molecule has 1 aromatic carbocycles. The van der Waals surface area contributed by atoms with Gasteiger partial charge in [-0.3, -0.25) is 0 Å². The van der Waals surface area contributed by atoms with Gasteiger partial charge in [0.15, 0.2) is 6.04 Å². The van der Waals surface area contributed by atoms with Crippen LogP contribution in [0, 0.1) is 0 Å². The Morgan fingerprint density at radius 1 is 1.20 bits per heavy atom. The average molecular weight is 280 g/mol. The van der Waals surface area contributed by atoms with Gasteiger partial charge in [-0.05, 0) is 38.5 Å². The van der Waals surface area contributed by atoms with Crippen LogP contribution in [0.15, 0.2) is 24.3 Å². The summed E-state index contributed by atoms with van der Waals surface area (Å²) >= 11 is 0. The maximum Gasteiger partial charge on any atom is 0.408 e. The SMILES string of the molecule is CNc1ccc(C(NC(=O)OC(C)(C)C)C(=O)O)cc1. The van der Waals surface area contributed by atoms with E-state index >= 15 is 0 Å². The molecular weight excluding hydrogens is 260 g/mol. The van der Waals surface area contributed by atoms with Crippen molar-refractivity contribution in [3.8, 4) is 0 Å². The zero-order valence-corrected chi connectivity index (χ0v) is 12.1. The molecule has 0 fully saturated rings. The Morgan fingerprint density at radius 2 is 1.75 bits per heavy atom. The third-order valence-electron chi connectivity index (χ3n) is 2.44. The summed E-state index contributed by atoms with van der Waals surface area (Å²) in [6, 6.07) is 5.62. The van der Waals surface area contributed by atoms with E-state index in [1.165, 1.54) is 0 Å². The second-order valence-electron chi connectivity index (χ2n) is 5.29. The molecule has 1 amide bonds. The van der Waals surface area contributed by atoms with Crippen LogP contribution in [0.5, 0.6) is 0 Å². The van der Waals surface area contributed by atoms with Gasteiger partial charge in [0.05, 0.1) is 0 Å². The van der Waals surface area contributed by atoms with Crippen LogP contribution in [0.2, 0.25) is 0 Å². The Kier molecular flexibility index (Phi) is 4.96. The molecule has 1 rings (SSSR count). The summed E-state index contributed by atoms with van der Waals surface area (Å²) in [5.41, 5.74) is 0.654. The second-order valence-corrected chi connectivity index (χ2v) is 5.29. The molecule has 1 atom stereocenters. The van der Waals surface area contributed by atoms with E-state index in [4.69, 9.17) is 4.74 Å². The number of carbonyl (C=O) groups is 2. The third kappa shape index (κ3) is 4.79. The summed E-state index contributed by atoms with van der Waals surface area (Å²) in [4.78, 5) is 22.9. The summed E-state index contributed by atoms with van der Waals surface area (Å²) in [7, 11) is 1.77. The molecule has 0 radical (unpaired) electrons. The molecule has 0 aromatic heterocycles. The predicted molar refractivity (Wildman–Crippen MR) is 75.7 cm³/mol. The Hall–Kier alpha value is -2.24. The first-order chi connectivity index (χ1) is 9.23. The van der Waals surface area contributed by atoms with Crippen LogP contribution < -0.4 is 10.6 Å². The number of ether oxygens (including phenoxy) is 1. The van der Waals surface area contributed by atoms with E-state index in [-0.39, 0.29) is 0 Å². The molecule has 0 bridgehead atoms. The summed E-state index contributed by atoms with van der Waals surface area (Å²) in [5.74, 6) is -1.15. The van der Waals surface area contributed by atoms with Gasteiger partial charge < -0.3 is 20.5 Å². The average Bonchev–Trinajstić information content (AvgIpc) is 2.34. The Morgan fingerprint density at radius 3 is 2.15 bits per heavy atom. The van der Waals surface area contributed by atoms with Gasteiger partial charge in [0, 0.05) is 12.7 Å². The van der Waals surface area contributed by atoms with Crippen molar-refractivity contribution in [1.29, 1.82) is 0 Å². The highest BCUT2D eigenvalue weighted by Gasteiger charge is 2.25. The normalized spacial score (nSPS) is 12.4. The van der Waals surface area contributed by atoms with E-state index < -0.39 is 23.7 Å². The smallest absolute Gasteiger partial charge is 0.408 e. The van der Waals surface area contributed by atoms with Crippen LogP contribution >= 0.6 is 0 Å². The molecule has 6 heteroatoms. The Labute approximate surface area is 118 Å². The molecule has 1 unspecified atom stereocenters. The van der Waals surface area contributed by atoms with Crippen molar-refractivity contribution in [2.45, 2.75) is 32.4 Å². The van der Waals surface area contributed by atoms with E-state index in [1.54, 1.807) is 52.1 Å². The number of carboxylic acids is 1. The number of carbonyl (C=O) groups excluding carboxylic acids is 1. The number of anilines is 1. The minimum Gasteiger partial charge on any atom is -0.479 e. The van der Waals surface area contributed by atoms with Gasteiger partial charge in [-0.25, -0.2) is 9.59 Å². The van der Waals surface area contributed by atoms with Gasteiger partial charge in [-0.2, -0.15) is 0 Å². The first-order valence-corrected chi connectivity index (χ1v) is 6.23. The number of aliphatic carboxylic acids is 1. The van der Waals surface area contributed by atoms with Crippen LogP contribution in [-0.4, -0.2) is 29.8 Å². The van der Waals surface area contributed by atoms with Crippen molar-refractivity contribution in [3.05, 3.63) is 29.8 Å². The van der Waals surface area contributed by atoms with Crippen LogP contribution in [0.25, 0.3) is 0 Å². The zero-order chi connectivity index (χ0) is 15.3. The van der Waals surface area contributed by atoms with Crippen LogP contribution in [0.1, 0.15) is 32.4 Å². The first-order valence-electron chi connectivity index (χ1n) is 6.23. The number of hydrogen-bond donors (Lipinski definition) is 3. The fourth-order valence-electron chi connectivity index (χ4n) is 1.56. The minimum atomic E-state index is -1.15. The molecule has 3 N–H and O–H groups in total. The van der Waals surface area contributed by atoms with Crippen molar-refractivity contribution in [2.24, 2.45) is 0 Å². The lowest BCUT2D eigenvalue weighted by atomic mass is 10.1. The molecule has 0 spiro atoms. The van der Waals surface area contributed by atoms with Crippen molar-refractivity contribution in [1.82, 2.24) is 5.32 Å². The van der Waals surface area contributed by atoms with Crippen LogP contribution in [0.3, 0.4) is 0 Å². The maximum atomic E-state index is 11.7. The molecule has 0 aliphatic rings. The highest BCUT2D eigenvalue weighted by atomic mass is 16.6. The summed E-state index contributed by atoms with van der Waals surface area (Å²) in [6.07, 6.45) is -0.761. The Bertz CT molecular complexity index is 477. The van der Waals surface area contributed by atoms with Crippen LogP contribution in [0.4, 0.5) is 10.5 Å². The number of carboxylic acid groups (broad SMARTS) is 1. The molecule has 0 saturated carbocycles. The lowest BCUT2D eigenvalue weighted by Crippen LogP contribution is -2.38. The fraction of sp³-hybridized carbons (Fsp3) is 0.429. The second kappa shape index (κ2) is 6.27. The molecule has 20 heavy (non-hydrogen) atoms.